The van der Waals surface area contributed by atoms with Crippen molar-refractivity contribution < 1.29 is 19.1 Å². The van der Waals surface area contributed by atoms with Crippen LogP contribution < -0.4 is 4.74 Å². The number of rotatable bonds is 13. The van der Waals surface area contributed by atoms with E-state index < -0.39 is 0 Å². The molecular formula is C23H32ClN3O4. The zero-order valence-corrected chi connectivity index (χ0v) is 19.3. The summed E-state index contributed by atoms with van der Waals surface area (Å²) in [5, 5.41) is 0.600. The van der Waals surface area contributed by atoms with Crippen LogP contribution in [0, 0.1) is 0 Å². The number of carbonyl (C=O) groups excluding carboxylic acids is 2. The number of unbranched alkanes of at least 4 members (excludes halogenated alkanes) is 1. The van der Waals surface area contributed by atoms with Gasteiger partial charge in [-0.15, -0.1) is 0 Å². The molecule has 1 aromatic carbocycles. The number of amides is 2. The molecule has 8 heteroatoms. The number of hydrogen-bond donors (Lipinski definition) is 0. The van der Waals surface area contributed by atoms with Crippen molar-refractivity contribution in [1.29, 1.82) is 0 Å². The molecule has 1 aromatic heterocycles. The van der Waals surface area contributed by atoms with Crippen LogP contribution >= 0.6 is 11.6 Å². The Morgan fingerprint density at radius 1 is 1.06 bits per heavy atom. The van der Waals surface area contributed by atoms with Gasteiger partial charge >= 0.3 is 0 Å². The lowest BCUT2D eigenvalue weighted by molar-refractivity contribution is -0.142. The van der Waals surface area contributed by atoms with Gasteiger partial charge in [0.2, 0.25) is 5.91 Å². The minimum absolute atomic E-state index is 0.0109. The lowest BCUT2D eigenvalue weighted by Crippen LogP contribution is -2.45. The molecule has 0 fully saturated rings. The van der Waals surface area contributed by atoms with Gasteiger partial charge in [0.05, 0.1) is 19.7 Å². The van der Waals surface area contributed by atoms with Crippen LogP contribution in [0.5, 0.6) is 5.75 Å². The van der Waals surface area contributed by atoms with Crippen molar-refractivity contribution in [3.63, 3.8) is 0 Å². The maximum Gasteiger partial charge on any atom is 0.260 e. The Bertz CT molecular complexity index is 822. The number of aryl methyl sites for hydroxylation is 1. The van der Waals surface area contributed by atoms with Gasteiger partial charge in [-0.25, -0.2) is 0 Å². The Balaban J connectivity index is 2.02. The largest absolute Gasteiger partial charge is 0.484 e. The molecule has 0 aliphatic rings. The molecule has 0 radical (unpaired) electrons. The predicted octanol–water partition coefficient (Wildman–Crippen LogP) is 3.36. The number of benzene rings is 1. The summed E-state index contributed by atoms with van der Waals surface area (Å²) in [7, 11) is 3.55. The standard InChI is InChI=1S/C23H32ClN3O4/c1-4-5-13-26(23(29)18-31-21-10-8-19(24)9-11-21)17-22(28)27(14-15-30-3)16-20-7-6-12-25(20)2/h6-12H,4-5,13-18H2,1-3H3. The van der Waals surface area contributed by atoms with Gasteiger partial charge in [0.15, 0.2) is 6.61 Å². The highest BCUT2D eigenvalue weighted by atomic mass is 35.5. The monoisotopic (exact) mass is 449 g/mol. The molecule has 0 unspecified atom stereocenters. The maximum atomic E-state index is 13.1. The van der Waals surface area contributed by atoms with Gasteiger partial charge in [-0.05, 0) is 42.8 Å². The van der Waals surface area contributed by atoms with E-state index in [0.717, 1.165) is 18.5 Å². The van der Waals surface area contributed by atoms with Crippen LogP contribution in [0.15, 0.2) is 42.6 Å². The Morgan fingerprint density at radius 3 is 2.42 bits per heavy atom. The zero-order valence-electron chi connectivity index (χ0n) is 18.6. The second-order valence-electron chi connectivity index (χ2n) is 7.33. The van der Waals surface area contributed by atoms with Crippen molar-refractivity contribution in [2.45, 2.75) is 26.3 Å². The molecule has 2 amide bonds. The van der Waals surface area contributed by atoms with Gasteiger partial charge in [-0.1, -0.05) is 24.9 Å². The van der Waals surface area contributed by atoms with Crippen molar-refractivity contribution in [2.24, 2.45) is 7.05 Å². The minimum Gasteiger partial charge on any atom is -0.484 e. The number of halogens is 1. The maximum absolute atomic E-state index is 13.1. The van der Waals surface area contributed by atoms with Crippen LogP contribution in [-0.2, 0) is 27.9 Å². The van der Waals surface area contributed by atoms with E-state index in [2.05, 4.69) is 6.92 Å². The van der Waals surface area contributed by atoms with Gasteiger partial charge in [0.1, 0.15) is 5.75 Å². The van der Waals surface area contributed by atoms with E-state index in [4.69, 9.17) is 21.1 Å². The van der Waals surface area contributed by atoms with Gasteiger partial charge in [0.25, 0.3) is 5.91 Å². The van der Waals surface area contributed by atoms with Crippen molar-refractivity contribution in [2.75, 3.05) is 40.0 Å². The molecule has 0 saturated carbocycles. The van der Waals surface area contributed by atoms with Crippen LogP contribution in [0.1, 0.15) is 25.5 Å². The summed E-state index contributed by atoms with van der Waals surface area (Å²) in [5.41, 5.74) is 1.02. The summed E-state index contributed by atoms with van der Waals surface area (Å²) in [5.74, 6) is 0.224. The van der Waals surface area contributed by atoms with Crippen LogP contribution in [0.25, 0.3) is 0 Å². The molecule has 0 aliphatic heterocycles. The number of nitrogens with zero attached hydrogens (tertiary/aromatic N) is 3. The normalized spacial score (nSPS) is 10.7. The predicted molar refractivity (Wildman–Crippen MR) is 121 cm³/mol. The smallest absolute Gasteiger partial charge is 0.260 e. The average Bonchev–Trinajstić information content (AvgIpc) is 3.17. The van der Waals surface area contributed by atoms with E-state index in [9.17, 15) is 9.59 Å². The van der Waals surface area contributed by atoms with E-state index in [0.29, 0.717) is 37.0 Å². The van der Waals surface area contributed by atoms with Crippen LogP contribution in [-0.4, -0.2) is 66.1 Å². The van der Waals surface area contributed by atoms with E-state index in [1.54, 1.807) is 41.2 Å². The minimum atomic E-state index is -0.220. The fraction of sp³-hybridized carbons (Fsp3) is 0.478. The number of methoxy groups -OCH3 is 1. The Kier molecular flexibility index (Phi) is 10.4. The molecule has 31 heavy (non-hydrogen) atoms. The first-order valence-corrected chi connectivity index (χ1v) is 10.9. The third-order valence-corrected chi connectivity index (χ3v) is 5.21. The Morgan fingerprint density at radius 2 is 1.81 bits per heavy atom. The highest BCUT2D eigenvalue weighted by Crippen LogP contribution is 2.15. The van der Waals surface area contributed by atoms with Crippen LogP contribution in [0.2, 0.25) is 5.02 Å². The topological polar surface area (TPSA) is 64.0 Å². The second kappa shape index (κ2) is 13.0. The molecule has 0 saturated heterocycles. The molecular weight excluding hydrogens is 418 g/mol. The second-order valence-corrected chi connectivity index (χ2v) is 7.77. The van der Waals surface area contributed by atoms with Crippen molar-refractivity contribution >= 4 is 23.4 Å². The molecule has 7 nitrogen and oxygen atoms in total. The van der Waals surface area contributed by atoms with Gasteiger partial charge in [0, 0.05) is 44.2 Å². The fourth-order valence-corrected chi connectivity index (χ4v) is 3.15. The van der Waals surface area contributed by atoms with Crippen LogP contribution in [0.4, 0.5) is 0 Å². The summed E-state index contributed by atoms with van der Waals surface area (Å²) in [6.07, 6.45) is 3.68. The van der Waals surface area contributed by atoms with Crippen molar-refractivity contribution in [3.05, 3.63) is 53.3 Å². The zero-order chi connectivity index (χ0) is 22.6. The first-order chi connectivity index (χ1) is 14.9. The highest BCUT2D eigenvalue weighted by Gasteiger charge is 2.22. The van der Waals surface area contributed by atoms with E-state index in [-0.39, 0.29) is 25.0 Å². The quantitative estimate of drug-likeness (QED) is 0.470. The van der Waals surface area contributed by atoms with Crippen molar-refractivity contribution in [3.8, 4) is 5.75 Å². The first kappa shape index (κ1) is 24.8. The van der Waals surface area contributed by atoms with Crippen LogP contribution in [0.3, 0.4) is 0 Å². The molecule has 0 spiro atoms. The van der Waals surface area contributed by atoms with E-state index >= 15 is 0 Å². The molecule has 0 bridgehead atoms. The van der Waals surface area contributed by atoms with E-state index in [1.807, 2.05) is 29.9 Å². The number of aromatic nitrogens is 1. The van der Waals surface area contributed by atoms with Crippen molar-refractivity contribution in [1.82, 2.24) is 14.4 Å². The fourth-order valence-electron chi connectivity index (χ4n) is 3.02. The summed E-state index contributed by atoms with van der Waals surface area (Å²) >= 11 is 5.88. The molecule has 0 atom stereocenters. The van der Waals surface area contributed by atoms with E-state index in [1.165, 1.54) is 0 Å². The number of carbonyl (C=O) groups is 2. The summed E-state index contributed by atoms with van der Waals surface area (Å²) < 4.78 is 12.7. The molecule has 2 aromatic rings. The Labute approximate surface area is 189 Å². The lowest BCUT2D eigenvalue weighted by Gasteiger charge is -2.28. The SMILES string of the molecule is CCCCN(CC(=O)N(CCOC)Cc1cccn1C)C(=O)COc1ccc(Cl)cc1. The molecule has 0 aliphatic carbocycles. The Hall–Kier alpha value is -2.51. The van der Waals surface area contributed by atoms with Gasteiger partial charge in [-0.2, -0.15) is 0 Å². The highest BCUT2D eigenvalue weighted by molar-refractivity contribution is 6.30. The lowest BCUT2D eigenvalue weighted by atomic mass is 10.3. The molecule has 170 valence electrons. The number of hydrogen-bond acceptors (Lipinski definition) is 4. The third kappa shape index (κ3) is 8.26. The molecule has 0 N–H and O–H groups in total. The van der Waals surface area contributed by atoms with Gasteiger partial charge in [-0.3, -0.25) is 9.59 Å². The third-order valence-electron chi connectivity index (χ3n) is 4.96. The summed E-state index contributed by atoms with van der Waals surface area (Å²) in [6.45, 7) is 3.78. The summed E-state index contributed by atoms with van der Waals surface area (Å²) in [6, 6.07) is 10.8. The number of ether oxygens (including phenoxy) is 2. The summed E-state index contributed by atoms with van der Waals surface area (Å²) in [4.78, 5) is 29.2. The van der Waals surface area contributed by atoms with Gasteiger partial charge < -0.3 is 23.8 Å². The molecule has 2 rings (SSSR count). The first-order valence-electron chi connectivity index (χ1n) is 10.5. The molecule has 1 heterocycles. The average molecular weight is 450 g/mol.